The molecule has 0 aliphatic heterocycles. The number of fused-ring (bicyclic) bond motifs is 1. The Balaban J connectivity index is 2.74. The second kappa shape index (κ2) is 3.18. The molecule has 0 aromatic carbocycles. The topological polar surface area (TPSA) is 37.5 Å². The van der Waals surface area contributed by atoms with E-state index in [0.717, 1.165) is 17.6 Å². The van der Waals surface area contributed by atoms with Crippen LogP contribution in [0.1, 0.15) is 18.2 Å². The average molecular weight is 176 g/mol. The highest BCUT2D eigenvalue weighted by Gasteiger charge is 2.04. The summed E-state index contributed by atoms with van der Waals surface area (Å²) in [5.74, 6) is 0. The van der Waals surface area contributed by atoms with Crippen LogP contribution >= 0.6 is 0 Å². The van der Waals surface area contributed by atoms with Gasteiger partial charge in [0.25, 0.3) is 0 Å². The van der Waals surface area contributed by atoms with E-state index in [1.165, 1.54) is 5.56 Å². The van der Waals surface area contributed by atoms with Crippen molar-refractivity contribution in [2.75, 3.05) is 0 Å². The number of aromatic nitrogens is 2. The molecule has 1 N–H and O–H groups in total. The molecule has 13 heavy (non-hydrogen) atoms. The lowest BCUT2D eigenvalue weighted by Gasteiger charge is -2.07. The predicted octanol–water partition coefficient (Wildman–Crippen LogP) is 1.39. The first-order valence-electron chi connectivity index (χ1n) is 4.40. The van der Waals surface area contributed by atoms with Crippen molar-refractivity contribution in [3.05, 3.63) is 35.9 Å². The molecular formula is C10H12N2O. The summed E-state index contributed by atoms with van der Waals surface area (Å²) in [6.45, 7) is 2.15. The first-order valence-corrected chi connectivity index (χ1v) is 4.40. The summed E-state index contributed by atoms with van der Waals surface area (Å²) >= 11 is 0. The Bertz CT molecular complexity index is 420. The monoisotopic (exact) mass is 176 g/mol. The summed E-state index contributed by atoms with van der Waals surface area (Å²) in [6.07, 6.45) is 4.46. The summed E-state index contributed by atoms with van der Waals surface area (Å²) in [5, 5.41) is 9.22. The van der Waals surface area contributed by atoms with Gasteiger partial charge in [0, 0.05) is 0 Å². The van der Waals surface area contributed by atoms with Crippen molar-refractivity contribution >= 4 is 5.52 Å². The maximum atomic E-state index is 9.22. The second-order valence-electron chi connectivity index (χ2n) is 3.01. The van der Waals surface area contributed by atoms with Gasteiger partial charge in [-0.25, -0.2) is 4.98 Å². The van der Waals surface area contributed by atoms with E-state index in [1.54, 1.807) is 12.5 Å². The number of nitrogens with zero attached hydrogens (tertiary/aromatic N) is 2. The van der Waals surface area contributed by atoms with Crippen LogP contribution in [0.4, 0.5) is 0 Å². The molecule has 0 unspecified atom stereocenters. The van der Waals surface area contributed by atoms with Gasteiger partial charge in [-0.05, 0) is 18.1 Å². The van der Waals surface area contributed by atoms with Crippen molar-refractivity contribution in [1.82, 2.24) is 9.38 Å². The van der Waals surface area contributed by atoms with Crippen LogP contribution < -0.4 is 0 Å². The first-order chi connectivity index (χ1) is 6.36. The number of aryl methyl sites for hydroxylation is 1. The smallest absolute Gasteiger partial charge is 0.0995 e. The third-order valence-corrected chi connectivity index (χ3v) is 2.31. The molecule has 0 saturated heterocycles. The summed E-state index contributed by atoms with van der Waals surface area (Å²) < 4.78 is 1.93. The van der Waals surface area contributed by atoms with Crippen LogP contribution in [0.2, 0.25) is 0 Å². The van der Waals surface area contributed by atoms with E-state index in [0.29, 0.717) is 0 Å². The molecular weight excluding hydrogens is 164 g/mol. The maximum Gasteiger partial charge on any atom is 0.0995 e. The van der Waals surface area contributed by atoms with Crippen LogP contribution in [-0.2, 0) is 13.0 Å². The highest BCUT2D eigenvalue weighted by Crippen LogP contribution is 2.13. The van der Waals surface area contributed by atoms with Gasteiger partial charge in [0.15, 0.2) is 0 Å². The van der Waals surface area contributed by atoms with Gasteiger partial charge in [0.2, 0.25) is 0 Å². The van der Waals surface area contributed by atoms with E-state index in [-0.39, 0.29) is 6.61 Å². The predicted molar refractivity (Wildman–Crippen MR) is 50.5 cm³/mol. The molecule has 0 radical (unpaired) electrons. The summed E-state index contributed by atoms with van der Waals surface area (Å²) in [4.78, 5) is 4.04. The Morgan fingerprint density at radius 3 is 3.00 bits per heavy atom. The van der Waals surface area contributed by atoms with Crippen molar-refractivity contribution < 1.29 is 5.11 Å². The van der Waals surface area contributed by atoms with E-state index in [1.807, 2.05) is 16.5 Å². The number of aliphatic hydroxyl groups excluding tert-OH is 1. The summed E-state index contributed by atoms with van der Waals surface area (Å²) in [6, 6.07) is 4.06. The van der Waals surface area contributed by atoms with Crippen molar-refractivity contribution in [1.29, 1.82) is 0 Å². The quantitative estimate of drug-likeness (QED) is 0.750. The van der Waals surface area contributed by atoms with Crippen molar-refractivity contribution in [3.63, 3.8) is 0 Å². The minimum absolute atomic E-state index is 0.0663. The summed E-state index contributed by atoms with van der Waals surface area (Å²) in [7, 11) is 0. The fraction of sp³-hybridized carbons (Fsp3) is 0.300. The molecule has 0 amide bonds. The molecule has 2 heterocycles. The zero-order valence-electron chi connectivity index (χ0n) is 7.57. The third-order valence-electron chi connectivity index (χ3n) is 2.31. The number of hydrogen-bond donors (Lipinski definition) is 1. The van der Waals surface area contributed by atoms with Crippen LogP contribution in [0.15, 0.2) is 24.7 Å². The lowest BCUT2D eigenvalue weighted by atomic mass is 10.1. The normalized spacial score (nSPS) is 10.9. The molecule has 0 saturated carbocycles. The molecule has 68 valence electrons. The minimum Gasteiger partial charge on any atom is -0.390 e. The highest BCUT2D eigenvalue weighted by molar-refractivity contribution is 5.48. The molecule has 0 bridgehead atoms. The molecule has 3 nitrogen and oxygen atoms in total. The molecule has 0 aliphatic carbocycles. The van der Waals surface area contributed by atoms with Gasteiger partial charge >= 0.3 is 0 Å². The fourth-order valence-corrected chi connectivity index (χ4v) is 1.59. The molecule has 0 aliphatic rings. The van der Waals surface area contributed by atoms with Gasteiger partial charge in [0.05, 0.1) is 30.3 Å². The van der Waals surface area contributed by atoms with Crippen LogP contribution in [-0.4, -0.2) is 14.5 Å². The van der Waals surface area contributed by atoms with Gasteiger partial charge in [-0.1, -0.05) is 13.0 Å². The number of hydrogen-bond acceptors (Lipinski definition) is 2. The van der Waals surface area contributed by atoms with Crippen LogP contribution in [0.25, 0.3) is 5.52 Å². The van der Waals surface area contributed by atoms with Crippen LogP contribution in [0, 0.1) is 0 Å². The Morgan fingerprint density at radius 2 is 2.31 bits per heavy atom. The average Bonchev–Trinajstić information content (AvgIpc) is 2.63. The van der Waals surface area contributed by atoms with Crippen molar-refractivity contribution in [3.8, 4) is 0 Å². The van der Waals surface area contributed by atoms with E-state index in [9.17, 15) is 5.11 Å². The summed E-state index contributed by atoms with van der Waals surface area (Å²) in [5.41, 5.74) is 3.15. The van der Waals surface area contributed by atoms with Gasteiger partial charge in [-0.3, -0.25) is 0 Å². The van der Waals surface area contributed by atoms with Gasteiger partial charge in [-0.15, -0.1) is 0 Å². The zero-order chi connectivity index (χ0) is 9.26. The number of pyridine rings is 1. The standard InChI is InChI=1S/C10H12N2O/c1-2-8-3-4-9-5-11-7-12(9)10(8)6-13/h3-5,7,13H,2,6H2,1H3. The molecule has 0 fully saturated rings. The molecule has 0 atom stereocenters. The first kappa shape index (κ1) is 8.26. The van der Waals surface area contributed by atoms with Gasteiger partial charge in [-0.2, -0.15) is 0 Å². The number of aliphatic hydroxyl groups is 1. The molecule has 2 aromatic rings. The largest absolute Gasteiger partial charge is 0.390 e. The highest BCUT2D eigenvalue weighted by atomic mass is 16.3. The Hall–Kier alpha value is -1.35. The lowest BCUT2D eigenvalue weighted by Crippen LogP contribution is -2.00. The third kappa shape index (κ3) is 1.21. The van der Waals surface area contributed by atoms with Crippen LogP contribution in [0.5, 0.6) is 0 Å². The maximum absolute atomic E-state index is 9.22. The van der Waals surface area contributed by atoms with Gasteiger partial charge in [0.1, 0.15) is 0 Å². The SMILES string of the molecule is CCc1ccc2cncn2c1CO. The Kier molecular flexibility index (Phi) is 2.02. The molecule has 3 heteroatoms. The molecule has 2 rings (SSSR count). The molecule has 0 spiro atoms. The van der Waals surface area contributed by atoms with E-state index in [4.69, 9.17) is 0 Å². The number of imidazole rings is 1. The number of rotatable bonds is 2. The van der Waals surface area contributed by atoms with Crippen LogP contribution in [0.3, 0.4) is 0 Å². The fourth-order valence-electron chi connectivity index (χ4n) is 1.59. The Morgan fingerprint density at radius 1 is 1.46 bits per heavy atom. The van der Waals surface area contributed by atoms with Crippen molar-refractivity contribution in [2.24, 2.45) is 0 Å². The van der Waals surface area contributed by atoms with E-state index in [2.05, 4.69) is 11.9 Å². The van der Waals surface area contributed by atoms with E-state index < -0.39 is 0 Å². The molecule has 2 aromatic heterocycles. The van der Waals surface area contributed by atoms with E-state index >= 15 is 0 Å². The zero-order valence-corrected chi connectivity index (χ0v) is 7.57. The Labute approximate surface area is 76.7 Å². The van der Waals surface area contributed by atoms with Crippen molar-refractivity contribution in [2.45, 2.75) is 20.0 Å². The second-order valence-corrected chi connectivity index (χ2v) is 3.01. The lowest BCUT2D eigenvalue weighted by molar-refractivity contribution is 0.274. The van der Waals surface area contributed by atoms with Gasteiger partial charge < -0.3 is 9.51 Å². The minimum atomic E-state index is 0.0663.